The van der Waals surface area contributed by atoms with Crippen LogP contribution >= 0.6 is 49.9 Å². The molecule has 0 saturated heterocycles. The molecule has 0 unspecified atom stereocenters. The second kappa shape index (κ2) is 5.58. The Morgan fingerprint density at radius 3 is 2.78 bits per heavy atom. The number of amides is 1. The van der Waals surface area contributed by atoms with E-state index in [9.17, 15) is 4.79 Å². The van der Waals surface area contributed by atoms with Gasteiger partial charge in [-0.3, -0.25) is 4.79 Å². The predicted molar refractivity (Wildman–Crippen MR) is 88.3 cm³/mol. The van der Waals surface area contributed by atoms with Crippen molar-refractivity contribution in [1.82, 2.24) is 0 Å². The van der Waals surface area contributed by atoms with Gasteiger partial charge in [0.2, 0.25) is 0 Å². The SMILES string of the molecule is Cc1cc(Br)c(NC(=O)c2csc(I)c2)cc1N. The first-order valence-electron chi connectivity index (χ1n) is 5.08. The van der Waals surface area contributed by atoms with Crippen LogP contribution in [0.15, 0.2) is 28.1 Å². The van der Waals surface area contributed by atoms with Crippen LogP contribution < -0.4 is 11.1 Å². The molecular formula is C12H10BrIN2OS. The molecule has 0 radical (unpaired) electrons. The number of thiophene rings is 1. The lowest BCUT2D eigenvalue weighted by Gasteiger charge is -2.09. The fourth-order valence-corrected chi connectivity index (χ4v) is 3.29. The van der Waals surface area contributed by atoms with Gasteiger partial charge in [-0.25, -0.2) is 0 Å². The Kier molecular flexibility index (Phi) is 4.29. The molecule has 0 aliphatic heterocycles. The summed E-state index contributed by atoms with van der Waals surface area (Å²) in [6.07, 6.45) is 0. The number of carbonyl (C=O) groups is 1. The maximum atomic E-state index is 12.0. The topological polar surface area (TPSA) is 55.1 Å². The van der Waals surface area contributed by atoms with Gasteiger partial charge in [0.1, 0.15) is 0 Å². The van der Waals surface area contributed by atoms with E-state index in [0.717, 1.165) is 12.9 Å². The second-order valence-corrected chi connectivity index (χ2v) is 7.44. The van der Waals surface area contributed by atoms with Gasteiger partial charge >= 0.3 is 0 Å². The average molecular weight is 437 g/mol. The van der Waals surface area contributed by atoms with Crippen molar-refractivity contribution in [3.63, 3.8) is 0 Å². The number of nitrogens with two attached hydrogens (primary N) is 1. The van der Waals surface area contributed by atoms with Gasteiger partial charge in [-0.05, 0) is 69.2 Å². The van der Waals surface area contributed by atoms with Crippen molar-refractivity contribution in [2.75, 3.05) is 11.1 Å². The Bertz CT molecular complexity index is 612. The fraction of sp³-hybridized carbons (Fsp3) is 0.0833. The first-order valence-corrected chi connectivity index (χ1v) is 7.83. The first-order chi connectivity index (χ1) is 8.47. The quantitative estimate of drug-likeness (QED) is 0.545. The number of nitrogen functional groups attached to an aromatic ring is 1. The van der Waals surface area contributed by atoms with Gasteiger partial charge in [-0.2, -0.15) is 0 Å². The molecule has 0 bridgehead atoms. The number of rotatable bonds is 2. The molecule has 94 valence electrons. The summed E-state index contributed by atoms with van der Waals surface area (Å²) in [4.78, 5) is 12.0. The standard InChI is InChI=1S/C12H10BrIN2OS/c1-6-2-8(13)10(4-9(6)15)16-12(17)7-3-11(14)18-5-7/h2-5H,15H2,1H3,(H,16,17). The van der Waals surface area contributed by atoms with Crippen LogP contribution in [0.4, 0.5) is 11.4 Å². The van der Waals surface area contributed by atoms with Gasteiger partial charge < -0.3 is 11.1 Å². The number of benzene rings is 1. The van der Waals surface area contributed by atoms with Crippen LogP contribution in [0.3, 0.4) is 0 Å². The van der Waals surface area contributed by atoms with Gasteiger partial charge in [0.15, 0.2) is 0 Å². The van der Waals surface area contributed by atoms with Crippen molar-refractivity contribution >= 4 is 67.1 Å². The van der Waals surface area contributed by atoms with Crippen molar-refractivity contribution in [2.45, 2.75) is 6.92 Å². The zero-order valence-corrected chi connectivity index (χ0v) is 14.0. The van der Waals surface area contributed by atoms with E-state index in [1.807, 2.05) is 24.4 Å². The molecule has 2 aromatic rings. The number of carbonyl (C=O) groups excluding carboxylic acids is 1. The van der Waals surface area contributed by atoms with E-state index in [-0.39, 0.29) is 5.91 Å². The molecule has 0 spiro atoms. The monoisotopic (exact) mass is 436 g/mol. The highest BCUT2D eigenvalue weighted by Crippen LogP contribution is 2.28. The molecular weight excluding hydrogens is 427 g/mol. The van der Waals surface area contributed by atoms with Gasteiger partial charge in [-0.1, -0.05) is 0 Å². The van der Waals surface area contributed by atoms with Crippen molar-refractivity contribution in [2.24, 2.45) is 0 Å². The van der Waals surface area contributed by atoms with Crippen LogP contribution in [0.1, 0.15) is 15.9 Å². The lowest BCUT2D eigenvalue weighted by molar-refractivity contribution is 0.102. The fourth-order valence-electron chi connectivity index (χ4n) is 1.41. The van der Waals surface area contributed by atoms with Crippen molar-refractivity contribution in [3.05, 3.63) is 42.1 Å². The smallest absolute Gasteiger partial charge is 0.256 e. The summed E-state index contributed by atoms with van der Waals surface area (Å²) in [5, 5.41) is 4.68. The summed E-state index contributed by atoms with van der Waals surface area (Å²) in [6, 6.07) is 5.50. The van der Waals surface area contributed by atoms with E-state index in [1.54, 1.807) is 17.4 Å². The van der Waals surface area contributed by atoms with E-state index < -0.39 is 0 Å². The molecule has 3 nitrogen and oxygen atoms in total. The highest BCUT2D eigenvalue weighted by molar-refractivity contribution is 14.1. The Labute approximate surface area is 131 Å². The molecule has 0 fully saturated rings. The summed E-state index contributed by atoms with van der Waals surface area (Å²) in [6.45, 7) is 1.92. The Balaban J connectivity index is 2.24. The summed E-state index contributed by atoms with van der Waals surface area (Å²) < 4.78 is 1.91. The number of nitrogens with one attached hydrogen (secondary N) is 1. The molecule has 0 aliphatic rings. The van der Waals surface area contributed by atoms with Gasteiger partial charge in [0, 0.05) is 15.5 Å². The summed E-state index contributed by atoms with van der Waals surface area (Å²) in [5.74, 6) is -0.127. The van der Waals surface area contributed by atoms with Gasteiger partial charge in [0.05, 0.1) is 14.1 Å². The third-order valence-electron chi connectivity index (χ3n) is 2.43. The number of halogens is 2. The molecule has 0 aliphatic carbocycles. The number of hydrogen-bond donors (Lipinski definition) is 2. The maximum Gasteiger partial charge on any atom is 0.256 e. The average Bonchev–Trinajstić information content (AvgIpc) is 2.73. The van der Waals surface area contributed by atoms with Crippen LogP contribution in [-0.2, 0) is 0 Å². The normalized spacial score (nSPS) is 10.4. The zero-order chi connectivity index (χ0) is 13.3. The van der Waals surface area contributed by atoms with Gasteiger partial charge in [-0.15, -0.1) is 11.3 Å². The molecule has 1 amide bonds. The largest absolute Gasteiger partial charge is 0.398 e. The maximum absolute atomic E-state index is 12.0. The Hall–Kier alpha value is -0.600. The molecule has 2 rings (SSSR count). The highest BCUT2D eigenvalue weighted by atomic mass is 127. The molecule has 3 N–H and O–H groups in total. The van der Waals surface area contributed by atoms with E-state index in [4.69, 9.17) is 5.73 Å². The van der Waals surface area contributed by atoms with Crippen LogP contribution in [0.5, 0.6) is 0 Å². The molecule has 18 heavy (non-hydrogen) atoms. The van der Waals surface area contributed by atoms with Crippen LogP contribution in [0, 0.1) is 9.81 Å². The Morgan fingerprint density at radius 2 is 2.17 bits per heavy atom. The van der Waals surface area contributed by atoms with E-state index in [0.29, 0.717) is 16.9 Å². The number of hydrogen-bond acceptors (Lipinski definition) is 3. The third-order valence-corrected chi connectivity index (χ3v) is 4.88. The van der Waals surface area contributed by atoms with Crippen LogP contribution in [0.25, 0.3) is 0 Å². The van der Waals surface area contributed by atoms with Crippen LogP contribution in [0.2, 0.25) is 0 Å². The number of anilines is 2. The molecule has 1 aromatic heterocycles. The summed E-state index contributed by atoms with van der Waals surface area (Å²) in [7, 11) is 0. The highest BCUT2D eigenvalue weighted by Gasteiger charge is 2.11. The molecule has 1 heterocycles. The molecule has 6 heteroatoms. The third kappa shape index (κ3) is 3.04. The zero-order valence-electron chi connectivity index (χ0n) is 9.46. The summed E-state index contributed by atoms with van der Waals surface area (Å²) in [5.41, 5.74) is 8.82. The minimum absolute atomic E-state index is 0.127. The minimum atomic E-state index is -0.127. The summed E-state index contributed by atoms with van der Waals surface area (Å²) >= 11 is 7.15. The van der Waals surface area contributed by atoms with E-state index in [2.05, 4.69) is 43.8 Å². The van der Waals surface area contributed by atoms with Crippen molar-refractivity contribution in [1.29, 1.82) is 0 Å². The molecule has 0 atom stereocenters. The van der Waals surface area contributed by atoms with Gasteiger partial charge in [0.25, 0.3) is 5.91 Å². The van der Waals surface area contributed by atoms with Crippen molar-refractivity contribution < 1.29 is 4.79 Å². The minimum Gasteiger partial charge on any atom is -0.398 e. The molecule has 1 aromatic carbocycles. The first kappa shape index (κ1) is 13.8. The lowest BCUT2D eigenvalue weighted by Crippen LogP contribution is -2.11. The van der Waals surface area contributed by atoms with E-state index >= 15 is 0 Å². The van der Waals surface area contributed by atoms with Crippen LogP contribution in [-0.4, -0.2) is 5.91 Å². The number of aryl methyl sites for hydroxylation is 1. The van der Waals surface area contributed by atoms with Crippen molar-refractivity contribution in [3.8, 4) is 0 Å². The predicted octanol–water partition coefficient (Wildman–Crippen LogP) is 4.26. The van der Waals surface area contributed by atoms with E-state index in [1.165, 1.54) is 0 Å². The molecule has 0 saturated carbocycles. The second-order valence-electron chi connectivity index (χ2n) is 3.78. The Morgan fingerprint density at radius 1 is 1.44 bits per heavy atom. The lowest BCUT2D eigenvalue weighted by atomic mass is 10.2.